The van der Waals surface area contributed by atoms with Gasteiger partial charge in [0.25, 0.3) is 0 Å². The van der Waals surface area contributed by atoms with E-state index in [1.54, 1.807) is 6.07 Å². The molecule has 0 aliphatic carbocycles. The minimum Gasteiger partial charge on any atom is -0.480 e. The largest absolute Gasteiger partial charge is 0.480 e. The Morgan fingerprint density at radius 1 is 1.69 bits per heavy atom. The zero-order valence-corrected chi connectivity index (χ0v) is 7.84. The molecule has 0 aromatic heterocycles. The molecule has 1 atom stereocenters. The third kappa shape index (κ3) is 3.87. The fourth-order valence-corrected chi connectivity index (χ4v) is 1.75. The van der Waals surface area contributed by atoms with Crippen LogP contribution in [0.25, 0.3) is 0 Å². The van der Waals surface area contributed by atoms with E-state index in [0.717, 1.165) is 0 Å². The topological polar surface area (TPSA) is 107 Å². The quantitative estimate of drug-likeness (QED) is 0.618. The van der Waals surface area contributed by atoms with Crippen LogP contribution >= 0.6 is 0 Å². The van der Waals surface area contributed by atoms with Crippen LogP contribution in [0.1, 0.15) is 13.3 Å². The SMILES string of the molecule is CCC(C#N)S(=O)(=O)NCC(=O)O. The lowest BCUT2D eigenvalue weighted by Crippen LogP contribution is -2.36. The molecule has 0 fully saturated rings. The van der Waals surface area contributed by atoms with Gasteiger partial charge in [0.15, 0.2) is 5.25 Å². The Bertz CT molecular complexity index is 316. The first kappa shape index (κ1) is 11.9. The molecule has 0 rings (SSSR count). The van der Waals surface area contributed by atoms with Crippen molar-refractivity contribution in [2.24, 2.45) is 0 Å². The van der Waals surface area contributed by atoms with E-state index in [1.165, 1.54) is 6.92 Å². The predicted molar refractivity (Wildman–Crippen MR) is 44.3 cm³/mol. The van der Waals surface area contributed by atoms with E-state index in [9.17, 15) is 13.2 Å². The van der Waals surface area contributed by atoms with E-state index in [-0.39, 0.29) is 6.42 Å². The number of sulfonamides is 1. The molecule has 0 spiro atoms. The highest BCUT2D eigenvalue weighted by Gasteiger charge is 2.23. The number of hydrogen-bond donors (Lipinski definition) is 2. The molecule has 0 heterocycles. The molecule has 13 heavy (non-hydrogen) atoms. The van der Waals surface area contributed by atoms with Gasteiger partial charge in [-0.1, -0.05) is 6.92 Å². The van der Waals surface area contributed by atoms with Crippen molar-refractivity contribution in [1.29, 1.82) is 5.26 Å². The van der Waals surface area contributed by atoms with Gasteiger partial charge in [0.1, 0.15) is 6.54 Å². The maximum Gasteiger partial charge on any atom is 0.318 e. The molecule has 0 saturated heterocycles. The number of nitrogens with one attached hydrogen (secondary N) is 1. The second kappa shape index (κ2) is 4.79. The van der Waals surface area contributed by atoms with Gasteiger partial charge in [-0.25, -0.2) is 13.1 Å². The molecule has 0 aromatic rings. The van der Waals surface area contributed by atoms with Crippen molar-refractivity contribution >= 4 is 16.0 Å². The molecule has 0 aromatic carbocycles. The van der Waals surface area contributed by atoms with E-state index >= 15 is 0 Å². The number of hydrogen-bond acceptors (Lipinski definition) is 4. The minimum atomic E-state index is -3.81. The summed E-state index contributed by atoms with van der Waals surface area (Å²) in [6, 6.07) is 1.57. The van der Waals surface area contributed by atoms with Crippen LogP contribution in [0, 0.1) is 11.3 Å². The summed E-state index contributed by atoms with van der Waals surface area (Å²) in [7, 11) is -3.81. The summed E-state index contributed by atoms with van der Waals surface area (Å²) in [5, 5.41) is 15.4. The van der Waals surface area contributed by atoms with Crippen molar-refractivity contribution in [3.05, 3.63) is 0 Å². The van der Waals surface area contributed by atoms with Crippen molar-refractivity contribution in [3.63, 3.8) is 0 Å². The third-order valence-electron chi connectivity index (χ3n) is 1.31. The van der Waals surface area contributed by atoms with Crippen LogP contribution in [0.15, 0.2) is 0 Å². The van der Waals surface area contributed by atoms with E-state index in [2.05, 4.69) is 0 Å². The van der Waals surface area contributed by atoms with E-state index in [0.29, 0.717) is 0 Å². The average molecular weight is 206 g/mol. The molecule has 0 amide bonds. The first-order chi connectivity index (χ1) is 5.94. The standard InChI is InChI=1S/C6H10N2O4S/c1-2-5(3-7)13(11,12)8-4-6(9)10/h5,8H,2,4H2,1H3,(H,9,10). The van der Waals surface area contributed by atoms with E-state index < -0.39 is 27.8 Å². The maximum absolute atomic E-state index is 11.1. The molecule has 2 N–H and O–H groups in total. The van der Waals surface area contributed by atoms with Crippen LogP contribution in [0.3, 0.4) is 0 Å². The number of carbonyl (C=O) groups is 1. The molecule has 6 nitrogen and oxygen atoms in total. The first-order valence-corrected chi connectivity index (χ1v) is 5.08. The second-order valence-corrected chi connectivity index (χ2v) is 4.23. The van der Waals surface area contributed by atoms with Crippen LogP contribution in [0.5, 0.6) is 0 Å². The van der Waals surface area contributed by atoms with E-state index in [4.69, 9.17) is 10.4 Å². The van der Waals surface area contributed by atoms with Crippen LogP contribution in [0.4, 0.5) is 0 Å². The summed E-state index contributed by atoms with van der Waals surface area (Å²) in [5.41, 5.74) is 0. The number of nitriles is 1. The lowest BCUT2D eigenvalue weighted by molar-refractivity contribution is -0.135. The first-order valence-electron chi connectivity index (χ1n) is 3.54. The lowest BCUT2D eigenvalue weighted by Gasteiger charge is -2.07. The monoisotopic (exact) mass is 206 g/mol. The van der Waals surface area contributed by atoms with Crippen molar-refractivity contribution in [2.75, 3.05) is 6.54 Å². The van der Waals surface area contributed by atoms with Crippen LogP contribution in [-0.2, 0) is 14.8 Å². The number of carboxylic acids is 1. The molecule has 0 saturated carbocycles. The third-order valence-corrected chi connectivity index (χ3v) is 3.05. The normalized spacial score (nSPS) is 13.2. The molecule has 0 aliphatic rings. The van der Waals surface area contributed by atoms with Gasteiger partial charge in [0.2, 0.25) is 10.0 Å². The Morgan fingerprint density at radius 2 is 2.23 bits per heavy atom. The highest BCUT2D eigenvalue weighted by molar-refractivity contribution is 7.90. The fraction of sp³-hybridized carbons (Fsp3) is 0.667. The summed E-state index contributed by atoms with van der Waals surface area (Å²) in [4.78, 5) is 10.0. The summed E-state index contributed by atoms with van der Waals surface area (Å²) >= 11 is 0. The Hall–Kier alpha value is -1.13. The Kier molecular flexibility index (Phi) is 4.37. The highest BCUT2D eigenvalue weighted by atomic mass is 32.2. The van der Waals surface area contributed by atoms with Gasteiger partial charge in [0, 0.05) is 0 Å². The Morgan fingerprint density at radius 3 is 2.54 bits per heavy atom. The summed E-state index contributed by atoms with van der Waals surface area (Å²) in [6.07, 6.45) is 0.130. The second-order valence-electron chi connectivity index (χ2n) is 2.29. The molecule has 1 unspecified atom stereocenters. The number of nitrogens with zero attached hydrogens (tertiary/aromatic N) is 1. The molecular weight excluding hydrogens is 196 g/mol. The maximum atomic E-state index is 11.1. The Balaban J connectivity index is 4.41. The van der Waals surface area contributed by atoms with Gasteiger partial charge in [-0.3, -0.25) is 4.79 Å². The molecule has 7 heteroatoms. The number of carboxylic acid groups (broad SMARTS) is 1. The van der Waals surface area contributed by atoms with E-state index in [1.807, 2.05) is 4.72 Å². The number of aliphatic carboxylic acids is 1. The van der Waals surface area contributed by atoms with Crippen LogP contribution in [0.2, 0.25) is 0 Å². The summed E-state index contributed by atoms with van der Waals surface area (Å²) in [5.74, 6) is -1.28. The molecule has 0 bridgehead atoms. The van der Waals surface area contributed by atoms with Crippen molar-refractivity contribution < 1.29 is 18.3 Å². The van der Waals surface area contributed by atoms with Crippen LogP contribution in [-0.4, -0.2) is 31.3 Å². The van der Waals surface area contributed by atoms with Gasteiger partial charge < -0.3 is 5.11 Å². The summed E-state index contributed by atoms with van der Waals surface area (Å²) in [6.45, 7) is 0.842. The Labute approximate surface area is 76.2 Å². The van der Waals surface area contributed by atoms with Crippen molar-refractivity contribution in [2.45, 2.75) is 18.6 Å². The van der Waals surface area contributed by atoms with Crippen LogP contribution < -0.4 is 4.72 Å². The molecule has 74 valence electrons. The summed E-state index contributed by atoms with van der Waals surface area (Å²) < 4.78 is 24.0. The predicted octanol–water partition coefficient (Wildman–Crippen LogP) is -0.707. The van der Waals surface area contributed by atoms with Gasteiger partial charge in [-0.15, -0.1) is 0 Å². The zero-order valence-electron chi connectivity index (χ0n) is 7.02. The minimum absolute atomic E-state index is 0.130. The zero-order chi connectivity index (χ0) is 10.5. The van der Waals surface area contributed by atoms with Gasteiger partial charge in [-0.05, 0) is 6.42 Å². The lowest BCUT2D eigenvalue weighted by atomic mass is 10.4. The fourth-order valence-electron chi connectivity index (χ4n) is 0.643. The molecule has 0 radical (unpaired) electrons. The highest BCUT2D eigenvalue weighted by Crippen LogP contribution is 2.01. The van der Waals surface area contributed by atoms with Crippen molar-refractivity contribution in [1.82, 2.24) is 4.72 Å². The van der Waals surface area contributed by atoms with Gasteiger partial charge >= 0.3 is 5.97 Å². The van der Waals surface area contributed by atoms with Gasteiger partial charge in [-0.2, -0.15) is 5.26 Å². The smallest absolute Gasteiger partial charge is 0.318 e. The average Bonchev–Trinajstić information content (AvgIpc) is 2.03. The molecule has 0 aliphatic heterocycles. The van der Waals surface area contributed by atoms with Gasteiger partial charge in [0.05, 0.1) is 6.07 Å². The van der Waals surface area contributed by atoms with Crippen molar-refractivity contribution in [3.8, 4) is 6.07 Å². The molecular formula is C6H10N2O4S. The number of rotatable bonds is 5.